The van der Waals surface area contributed by atoms with Gasteiger partial charge in [0, 0.05) is 36.7 Å². The molecule has 0 saturated carbocycles. The fourth-order valence-corrected chi connectivity index (χ4v) is 7.41. The Hall–Kier alpha value is -1.36. The van der Waals surface area contributed by atoms with Crippen LogP contribution in [0.2, 0.25) is 0 Å². The topological polar surface area (TPSA) is 34.4 Å². The van der Waals surface area contributed by atoms with Crippen molar-refractivity contribution in [3.05, 3.63) is 35.5 Å². The lowest BCUT2D eigenvalue weighted by Crippen LogP contribution is -2.78. The Morgan fingerprint density at radius 1 is 1.24 bits per heavy atom. The Kier molecular flexibility index (Phi) is 2.65. The van der Waals surface area contributed by atoms with Crippen LogP contribution in [-0.2, 0) is 18.2 Å². The summed E-state index contributed by atoms with van der Waals surface area (Å²) in [5.74, 6) is 1.50. The van der Waals surface area contributed by atoms with E-state index in [-0.39, 0.29) is 0 Å². The first kappa shape index (κ1) is 14.8. The van der Waals surface area contributed by atoms with Crippen molar-refractivity contribution in [2.75, 3.05) is 13.7 Å². The number of para-hydroxylation sites is 1. The number of rotatable bonds is 0. The minimum absolute atomic E-state index is 0.299. The highest BCUT2D eigenvalue weighted by Crippen LogP contribution is 2.62. The average molecular weight is 339 g/mol. The molecule has 8 atom stereocenters. The van der Waals surface area contributed by atoms with Gasteiger partial charge in [-0.1, -0.05) is 18.2 Å². The number of ether oxygens (including phenoxy) is 1. The highest BCUT2D eigenvalue weighted by atomic mass is 16.6. The number of hydrogen-bond acceptors (Lipinski definition) is 2. The molecule has 6 heterocycles. The maximum Gasteiger partial charge on any atom is 0.163 e. The molecule has 0 spiro atoms. The number of likely N-dealkylation sites (N-methyl/N-ethyl adjacent to an activating group) is 1. The van der Waals surface area contributed by atoms with Crippen molar-refractivity contribution in [3.63, 3.8) is 0 Å². The summed E-state index contributed by atoms with van der Waals surface area (Å²) in [6, 6.07) is 10.5. The number of nitrogens with zero attached hydrogens (tertiary/aromatic N) is 2. The second-order valence-corrected chi connectivity index (χ2v) is 9.05. The molecule has 0 radical (unpaired) electrons. The number of aryl methyl sites for hydroxylation is 1. The molecule has 7 rings (SSSR count). The van der Waals surface area contributed by atoms with Crippen LogP contribution in [0.1, 0.15) is 30.6 Å². The molecule has 4 nitrogen and oxygen atoms in total. The Labute approximate surface area is 148 Å². The zero-order valence-corrected chi connectivity index (χ0v) is 15.2. The van der Waals surface area contributed by atoms with Gasteiger partial charge in [0.25, 0.3) is 0 Å². The average Bonchev–Trinajstić information content (AvgIpc) is 2.87. The SMILES string of the molecule is CC1C2C(O)OC[C@@H]3[C@H]2C[C@H]2c4c(c5ccccc5n4C)C[C@@H]3[N+]12C. The summed E-state index contributed by atoms with van der Waals surface area (Å²) in [6.07, 6.45) is 1.79. The van der Waals surface area contributed by atoms with E-state index in [1.807, 2.05) is 0 Å². The van der Waals surface area contributed by atoms with E-state index in [0.717, 1.165) is 17.5 Å². The lowest BCUT2D eigenvalue weighted by molar-refractivity contribution is -1.01. The second kappa shape index (κ2) is 4.48. The number of aromatic nitrogens is 1. The Morgan fingerprint density at radius 3 is 2.88 bits per heavy atom. The molecule has 1 aromatic carbocycles. The minimum Gasteiger partial charge on any atom is -0.367 e. The van der Waals surface area contributed by atoms with E-state index in [4.69, 9.17) is 4.74 Å². The molecule has 4 saturated heterocycles. The van der Waals surface area contributed by atoms with Gasteiger partial charge in [0.05, 0.1) is 37.4 Å². The van der Waals surface area contributed by atoms with Crippen molar-refractivity contribution >= 4 is 10.9 Å². The normalized spacial score (nSPS) is 47.1. The summed E-state index contributed by atoms with van der Waals surface area (Å²) in [6.45, 7) is 3.10. The van der Waals surface area contributed by atoms with E-state index >= 15 is 0 Å². The van der Waals surface area contributed by atoms with Crippen molar-refractivity contribution in [1.82, 2.24) is 4.57 Å². The van der Waals surface area contributed by atoms with E-state index in [9.17, 15) is 5.11 Å². The zero-order chi connectivity index (χ0) is 17.1. The molecule has 0 amide bonds. The van der Waals surface area contributed by atoms with Crippen LogP contribution in [0.25, 0.3) is 10.9 Å². The van der Waals surface area contributed by atoms with Crippen molar-refractivity contribution < 1.29 is 14.3 Å². The molecule has 25 heavy (non-hydrogen) atoms. The molecule has 5 aliphatic heterocycles. The third-order valence-electron chi connectivity index (χ3n) is 8.63. The van der Waals surface area contributed by atoms with Gasteiger partial charge in [0.15, 0.2) is 6.29 Å². The number of aliphatic hydroxyl groups excluding tert-OH is 1. The van der Waals surface area contributed by atoms with Crippen LogP contribution in [0, 0.1) is 17.8 Å². The number of piperidine rings is 3. The molecular weight excluding hydrogens is 312 g/mol. The van der Waals surface area contributed by atoms with Crippen molar-refractivity contribution in [1.29, 1.82) is 0 Å². The molecule has 4 unspecified atom stereocenters. The van der Waals surface area contributed by atoms with Gasteiger partial charge >= 0.3 is 0 Å². The molecule has 1 aromatic heterocycles. The van der Waals surface area contributed by atoms with Crippen LogP contribution in [0.4, 0.5) is 0 Å². The van der Waals surface area contributed by atoms with Gasteiger partial charge in [-0.15, -0.1) is 0 Å². The molecule has 0 aliphatic carbocycles. The second-order valence-electron chi connectivity index (χ2n) is 9.05. The maximum atomic E-state index is 10.5. The minimum atomic E-state index is -0.568. The smallest absolute Gasteiger partial charge is 0.163 e. The highest BCUT2D eigenvalue weighted by Gasteiger charge is 2.69. The number of hydrogen-bond donors (Lipinski definition) is 1. The largest absolute Gasteiger partial charge is 0.367 e. The summed E-state index contributed by atoms with van der Waals surface area (Å²) in [4.78, 5) is 0. The van der Waals surface area contributed by atoms with Crippen LogP contribution in [0.5, 0.6) is 0 Å². The van der Waals surface area contributed by atoms with Crippen LogP contribution in [0.3, 0.4) is 0 Å². The van der Waals surface area contributed by atoms with E-state index in [1.54, 1.807) is 11.3 Å². The van der Waals surface area contributed by atoms with Gasteiger partial charge in [-0.25, -0.2) is 0 Å². The lowest BCUT2D eigenvalue weighted by atomic mass is 9.56. The van der Waals surface area contributed by atoms with E-state index in [1.165, 1.54) is 17.3 Å². The monoisotopic (exact) mass is 339 g/mol. The van der Waals surface area contributed by atoms with E-state index in [0.29, 0.717) is 35.9 Å². The van der Waals surface area contributed by atoms with Crippen LogP contribution < -0.4 is 0 Å². The van der Waals surface area contributed by atoms with Crippen molar-refractivity contribution in [3.8, 4) is 0 Å². The van der Waals surface area contributed by atoms with Gasteiger partial charge < -0.3 is 18.9 Å². The molecule has 5 aliphatic rings. The summed E-state index contributed by atoms with van der Waals surface area (Å²) in [5.41, 5.74) is 4.51. The first-order valence-corrected chi connectivity index (χ1v) is 9.75. The van der Waals surface area contributed by atoms with Crippen LogP contribution >= 0.6 is 0 Å². The first-order valence-electron chi connectivity index (χ1n) is 9.75. The molecule has 6 bridgehead atoms. The highest BCUT2D eigenvalue weighted by molar-refractivity contribution is 5.86. The van der Waals surface area contributed by atoms with E-state index < -0.39 is 6.29 Å². The van der Waals surface area contributed by atoms with Gasteiger partial charge in [-0.3, -0.25) is 0 Å². The lowest BCUT2D eigenvalue weighted by Gasteiger charge is -2.69. The number of quaternary nitrogens is 1. The zero-order valence-electron chi connectivity index (χ0n) is 15.2. The van der Waals surface area contributed by atoms with Crippen molar-refractivity contribution in [2.45, 2.75) is 44.2 Å². The molecule has 4 fully saturated rings. The molecule has 132 valence electrons. The third kappa shape index (κ3) is 1.48. The third-order valence-corrected chi connectivity index (χ3v) is 8.63. The van der Waals surface area contributed by atoms with Gasteiger partial charge in [-0.05, 0) is 24.5 Å². The number of benzene rings is 1. The van der Waals surface area contributed by atoms with Crippen LogP contribution in [0.15, 0.2) is 24.3 Å². The maximum absolute atomic E-state index is 10.5. The summed E-state index contributed by atoms with van der Waals surface area (Å²) < 4.78 is 9.39. The standard InChI is InChI=1S/C21H27N2O2/c1-11-19-13-8-18-20-14(12-6-4-5-7-16(12)22(20)2)9-17(23(11,18)3)15(13)10-25-21(19)24/h4-7,11,13,15,17-19,21,24H,8-10H2,1-3H3/q+1/t11?,13-,15-,17+,18+,19?,21?,23?/m1/s1. The summed E-state index contributed by atoms with van der Waals surface area (Å²) >= 11 is 0. The Balaban J connectivity index is 1.62. The van der Waals surface area contributed by atoms with Crippen LogP contribution in [-0.4, -0.2) is 46.2 Å². The van der Waals surface area contributed by atoms with Gasteiger partial charge in [-0.2, -0.15) is 0 Å². The summed E-state index contributed by atoms with van der Waals surface area (Å²) in [7, 11) is 4.72. The fraction of sp³-hybridized carbons (Fsp3) is 0.619. The predicted molar refractivity (Wildman–Crippen MR) is 95.8 cm³/mol. The quantitative estimate of drug-likeness (QED) is 0.749. The number of fused-ring (bicyclic) bond motifs is 3. The van der Waals surface area contributed by atoms with E-state index in [2.05, 4.69) is 49.9 Å². The molecule has 1 N–H and O–H groups in total. The first-order chi connectivity index (χ1) is 12.0. The predicted octanol–water partition coefficient (Wildman–Crippen LogP) is 2.59. The summed E-state index contributed by atoms with van der Waals surface area (Å²) in [5, 5.41) is 12.0. The fourth-order valence-electron chi connectivity index (χ4n) is 7.41. The Morgan fingerprint density at radius 2 is 2.04 bits per heavy atom. The van der Waals surface area contributed by atoms with Crippen molar-refractivity contribution in [2.24, 2.45) is 24.8 Å². The molecule has 4 heteroatoms. The van der Waals surface area contributed by atoms with Gasteiger partial charge in [0.2, 0.25) is 0 Å². The van der Waals surface area contributed by atoms with Gasteiger partial charge in [0.1, 0.15) is 6.04 Å². The molecular formula is C21H27N2O2+. The molecule has 2 aromatic rings. The number of aliphatic hydroxyl groups is 1. The Bertz CT molecular complexity index is 887.